The molecule has 0 unspecified atom stereocenters. The first-order chi connectivity index (χ1) is 15.1. The zero-order chi connectivity index (χ0) is 21.8. The molecule has 1 amide bonds. The molecule has 0 bridgehead atoms. The Bertz CT molecular complexity index is 1080. The standard InChI is InChI=1S/C23H28N4O4/c1-4-29-9-5-8-24-23(28)17-13-19(26-22-18(17)14-25-27(22)15(2)3)16-6-7-20-21(12-16)31-11-10-30-20/h6-7,12-15H,4-5,8-11H2,1-3H3,(H,24,28). The predicted molar refractivity (Wildman–Crippen MR) is 118 cm³/mol. The summed E-state index contributed by atoms with van der Waals surface area (Å²) >= 11 is 0. The lowest BCUT2D eigenvalue weighted by Crippen LogP contribution is -2.25. The number of carbonyl (C=O) groups excluding carboxylic acids is 1. The number of fused-ring (bicyclic) bond motifs is 2. The lowest BCUT2D eigenvalue weighted by atomic mass is 10.1. The van der Waals surface area contributed by atoms with E-state index in [1.807, 2.05) is 49.7 Å². The highest BCUT2D eigenvalue weighted by Gasteiger charge is 2.20. The summed E-state index contributed by atoms with van der Waals surface area (Å²) in [5, 5.41) is 8.20. The molecule has 0 saturated carbocycles. The molecule has 1 aromatic carbocycles. The number of pyridine rings is 1. The third-order valence-corrected chi connectivity index (χ3v) is 5.09. The monoisotopic (exact) mass is 424 g/mol. The molecular formula is C23H28N4O4. The van der Waals surface area contributed by atoms with E-state index in [1.54, 1.807) is 6.20 Å². The number of nitrogens with one attached hydrogen (secondary N) is 1. The van der Waals surface area contributed by atoms with E-state index in [-0.39, 0.29) is 11.9 Å². The fraction of sp³-hybridized carbons (Fsp3) is 0.435. The maximum atomic E-state index is 13.0. The number of hydrogen-bond donors (Lipinski definition) is 1. The average molecular weight is 425 g/mol. The minimum atomic E-state index is -0.147. The van der Waals surface area contributed by atoms with Crippen LogP contribution >= 0.6 is 0 Å². The van der Waals surface area contributed by atoms with E-state index in [0.29, 0.717) is 55.6 Å². The van der Waals surface area contributed by atoms with Crippen LogP contribution in [0.2, 0.25) is 0 Å². The maximum Gasteiger partial charge on any atom is 0.252 e. The lowest BCUT2D eigenvalue weighted by molar-refractivity contribution is 0.0946. The first-order valence-corrected chi connectivity index (χ1v) is 10.7. The Morgan fingerprint density at radius 3 is 2.81 bits per heavy atom. The molecule has 3 heterocycles. The van der Waals surface area contributed by atoms with Gasteiger partial charge in [0.15, 0.2) is 17.1 Å². The SMILES string of the molecule is CCOCCCNC(=O)c1cc(-c2ccc3c(c2)OCCO3)nc2c1cnn2C(C)C. The normalized spacial score (nSPS) is 13.0. The van der Waals surface area contributed by atoms with Crippen LogP contribution in [0.25, 0.3) is 22.3 Å². The first-order valence-electron chi connectivity index (χ1n) is 10.7. The highest BCUT2D eigenvalue weighted by Crippen LogP contribution is 2.35. The zero-order valence-corrected chi connectivity index (χ0v) is 18.2. The molecular weight excluding hydrogens is 396 g/mol. The highest BCUT2D eigenvalue weighted by atomic mass is 16.6. The number of ether oxygens (including phenoxy) is 3. The molecule has 0 radical (unpaired) electrons. The summed E-state index contributed by atoms with van der Waals surface area (Å²) in [6, 6.07) is 7.65. The Morgan fingerprint density at radius 2 is 2.03 bits per heavy atom. The van der Waals surface area contributed by atoms with E-state index >= 15 is 0 Å². The summed E-state index contributed by atoms with van der Waals surface area (Å²) in [6.45, 7) is 8.92. The number of carbonyl (C=O) groups is 1. The van der Waals surface area contributed by atoms with E-state index < -0.39 is 0 Å². The number of amides is 1. The molecule has 31 heavy (non-hydrogen) atoms. The number of aromatic nitrogens is 3. The molecule has 1 aliphatic heterocycles. The Hall–Kier alpha value is -3.13. The van der Waals surface area contributed by atoms with Gasteiger partial charge >= 0.3 is 0 Å². The van der Waals surface area contributed by atoms with Crippen LogP contribution in [0.3, 0.4) is 0 Å². The molecule has 2 aromatic heterocycles. The fourth-order valence-corrected chi connectivity index (χ4v) is 3.55. The second kappa shape index (κ2) is 9.34. The van der Waals surface area contributed by atoms with E-state index in [0.717, 1.165) is 23.1 Å². The van der Waals surface area contributed by atoms with Gasteiger partial charge in [0.1, 0.15) is 13.2 Å². The van der Waals surface area contributed by atoms with Crippen molar-refractivity contribution in [3.05, 3.63) is 36.0 Å². The first kappa shape index (κ1) is 21.1. The molecule has 1 aliphatic rings. The molecule has 164 valence electrons. The van der Waals surface area contributed by atoms with Gasteiger partial charge < -0.3 is 19.5 Å². The quantitative estimate of drug-likeness (QED) is 0.556. The van der Waals surface area contributed by atoms with Crippen molar-refractivity contribution in [3.63, 3.8) is 0 Å². The number of benzene rings is 1. The Kier molecular flexibility index (Phi) is 6.36. The van der Waals surface area contributed by atoms with Crippen molar-refractivity contribution in [2.75, 3.05) is 33.0 Å². The third kappa shape index (κ3) is 4.49. The van der Waals surface area contributed by atoms with Gasteiger partial charge in [-0.05, 0) is 51.5 Å². The second-order valence-corrected chi connectivity index (χ2v) is 7.64. The van der Waals surface area contributed by atoms with E-state index in [9.17, 15) is 4.79 Å². The van der Waals surface area contributed by atoms with Crippen LogP contribution in [0.5, 0.6) is 11.5 Å². The van der Waals surface area contributed by atoms with Crippen molar-refractivity contribution in [1.82, 2.24) is 20.1 Å². The summed E-state index contributed by atoms with van der Waals surface area (Å²) in [6.07, 6.45) is 2.47. The van der Waals surface area contributed by atoms with Crippen molar-refractivity contribution in [2.45, 2.75) is 33.2 Å². The second-order valence-electron chi connectivity index (χ2n) is 7.64. The van der Waals surface area contributed by atoms with E-state index in [1.165, 1.54) is 0 Å². The molecule has 1 N–H and O–H groups in total. The summed E-state index contributed by atoms with van der Waals surface area (Å²) in [5.74, 6) is 1.26. The van der Waals surface area contributed by atoms with Gasteiger partial charge in [-0.15, -0.1) is 0 Å². The third-order valence-electron chi connectivity index (χ3n) is 5.09. The van der Waals surface area contributed by atoms with Crippen molar-refractivity contribution < 1.29 is 19.0 Å². The van der Waals surface area contributed by atoms with Gasteiger partial charge in [0, 0.05) is 31.4 Å². The van der Waals surface area contributed by atoms with Crippen molar-refractivity contribution >= 4 is 16.9 Å². The molecule has 3 aromatic rings. The van der Waals surface area contributed by atoms with Crippen LogP contribution < -0.4 is 14.8 Å². The Balaban J connectivity index is 1.71. The van der Waals surface area contributed by atoms with Gasteiger partial charge in [0.2, 0.25) is 0 Å². The van der Waals surface area contributed by atoms with Crippen molar-refractivity contribution in [3.8, 4) is 22.8 Å². The van der Waals surface area contributed by atoms with E-state index in [2.05, 4.69) is 10.4 Å². The van der Waals surface area contributed by atoms with Gasteiger partial charge in [-0.2, -0.15) is 5.10 Å². The van der Waals surface area contributed by atoms with Gasteiger partial charge in [-0.3, -0.25) is 4.79 Å². The van der Waals surface area contributed by atoms with Crippen LogP contribution in [-0.4, -0.2) is 53.6 Å². The Morgan fingerprint density at radius 1 is 1.23 bits per heavy atom. The van der Waals surface area contributed by atoms with Gasteiger partial charge in [-0.1, -0.05) is 0 Å². The number of hydrogen-bond acceptors (Lipinski definition) is 6. The van der Waals surface area contributed by atoms with Crippen LogP contribution in [0.15, 0.2) is 30.5 Å². The maximum absolute atomic E-state index is 13.0. The minimum absolute atomic E-state index is 0.114. The molecule has 8 heteroatoms. The predicted octanol–water partition coefficient (Wildman–Crippen LogP) is 3.61. The van der Waals surface area contributed by atoms with Crippen LogP contribution in [0, 0.1) is 0 Å². The fourth-order valence-electron chi connectivity index (χ4n) is 3.55. The molecule has 0 saturated heterocycles. The molecule has 0 atom stereocenters. The summed E-state index contributed by atoms with van der Waals surface area (Å²) in [4.78, 5) is 17.9. The van der Waals surface area contributed by atoms with Gasteiger partial charge in [0.25, 0.3) is 5.91 Å². The molecule has 8 nitrogen and oxygen atoms in total. The zero-order valence-electron chi connectivity index (χ0n) is 18.2. The molecule has 0 fully saturated rings. The van der Waals surface area contributed by atoms with Crippen molar-refractivity contribution in [1.29, 1.82) is 0 Å². The molecule has 0 aliphatic carbocycles. The Labute approximate surface area is 181 Å². The largest absolute Gasteiger partial charge is 0.486 e. The summed E-state index contributed by atoms with van der Waals surface area (Å²) in [5.41, 5.74) is 2.78. The van der Waals surface area contributed by atoms with Crippen molar-refractivity contribution in [2.24, 2.45) is 0 Å². The lowest BCUT2D eigenvalue weighted by Gasteiger charge is -2.19. The summed E-state index contributed by atoms with van der Waals surface area (Å²) < 4.78 is 18.5. The van der Waals surface area contributed by atoms with Crippen LogP contribution in [0.4, 0.5) is 0 Å². The minimum Gasteiger partial charge on any atom is -0.486 e. The van der Waals surface area contributed by atoms with Gasteiger partial charge in [-0.25, -0.2) is 9.67 Å². The average Bonchev–Trinajstić information content (AvgIpc) is 3.22. The molecule has 4 rings (SSSR count). The van der Waals surface area contributed by atoms with Gasteiger partial charge in [0.05, 0.1) is 22.8 Å². The summed E-state index contributed by atoms with van der Waals surface area (Å²) in [7, 11) is 0. The van der Waals surface area contributed by atoms with E-state index in [4.69, 9.17) is 19.2 Å². The van der Waals surface area contributed by atoms with Crippen LogP contribution in [-0.2, 0) is 4.74 Å². The molecule has 0 spiro atoms. The topological polar surface area (TPSA) is 87.5 Å². The van der Waals surface area contributed by atoms with Crippen LogP contribution in [0.1, 0.15) is 43.6 Å². The number of rotatable bonds is 8. The smallest absolute Gasteiger partial charge is 0.252 e. The highest BCUT2D eigenvalue weighted by molar-refractivity contribution is 6.06. The number of nitrogens with zero attached hydrogens (tertiary/aromatic N) is 3.